The predicted molar refractivity (Wildman–Crippen MR) is 89.1 cm³/mol. The monoisotopic (exact) mass is 314 g/mol. The number of amides is 1. The molecule has 0 saturated heterocycles. The number of rotatable bonds is 8. The fraction of sp³-hybridized carbons (Fsp3) is 0.375. The summed E-state index contributed by atoms with van der Waals surface area (Å²) in [6.07, 6.45) is 4.09. The molecule has 0 radical (unpaired) electrons. The predicted octanol–water partition coefficient (Wildman–Crippen LogP) is 1.17. The first-order valence-electron chi connectivity index (χ1n) is 7.54. The number of anilines is 1. The molecule has 0 atom stereocenters. The van der Waals surface area contributed by atoms with E-state index in [4.69, 9.17) is 0 Å². The highest BCUT2D eigenvalue weighted by Crippen LogP contribution is 2.04. The van der Waals surface area contributed by atoms with Crippen molar-refractivity contribution in [2.45, 2.75) is 13.0 Å². The molecule has 0 aromatic carbocycles. The molecular weight excluding hydrogens is 292 g/mol. The molecule has 0 aliphatic heterocycles. The number of hydrogen-bond acceptors (Lipinski definition) is 6. The molecular formula is C16H22N6O. The minimum absolute atomic E-state index is 0.241. The van der Waals surface area contributed by atoms with Gasteiger partial charge in [0.1, 0.15) is 17.8 Å². The third kappa shape index (κ3) is 5.99. The highest BCUT2D eigenvalue weighted by atomic mass is 16.1. The molecule has 0 saturated carbocycles. The molecule has 7 heteroatoms. The van der Waals surface area contributed by atoms with E-state index in [1.807, 2.05) is 32.3 Å². The fourth-order valence-corrected chi connectivity index (χ4v) is 1.95. The van der Waals surface area contributed by atoms with E-state index >= 15 is 0 Å². The van der Waals surface area contributed by atoms with Crippen LogP contribution >= 0.6 is 0 Å². The molecule has 2 aromatic heterocycles. The summed E-state index contributed by atoms with van der Waals surface area (Å²) < 4.78 is 0. The number of nitrogens with one attached hydrogen (secondary N) is 2. The molecule has 7 nitrogen and oxygen atoms in total. The van der Waals surface area contributed by atoms with Gasteiger partial charge in [-0.15, -0.1) is 0 Å². The Hall–Kier alpha value is -2.54. The van der Waals surface area contributed by atoms with E-state index in [1.165, 1.54) is 6.33 Å². The van der Waals surface area contributed by atoms with E-state index in [0.29, 0.717) is 18.1 Å². The van der Waals surface area contributed by atoms with Crippen molar-refractivity contribution in [1.29, 1.82) is 0 Å². The first-order chi connectivity index (χ1) is 11.1. The summed E-state index contributed by atoms with van der Waals surface area (Å²) in [6, 6.07) is 7.24. The molecule has 0 spiro atoms. The summed E-state index contributed by atoms with van der Waals surface area (Å²) >= 11 is 0. The lowest BCUT2D eigenvalue weighted by atomic mass is 10.3. The number of aromatic nitrogens is 3. The van der Waals surface area contributed by atoms with Gasteiger partial charge in [-0.1, -0.05) is 6.07 Å². The zero-order valence-corrected chi connectivity index (χ0v) is 13.5. The molecule has 2 N–H and O–H groups in total. The van der Waals surface area contributed by atoms with Crippen LogP contribution in [0, 0.1) is 0 Å². The van der Waals surface area contributed by atoms with Gasteiger partial charge in [-0.25, -0.2) is 9.97 Å². The Bertz CT molecular complexity index is 617. The van der Waals surface area contributed by atoms with Gasteiger partial charge in [0, 0.05) is 18.8 Å². The number of carbonyl (C=O) groups is 1. The molecule has 23 heavy (non-hydrogen) atoms. The highest BCUT2D eigenvalue weighted by molar-refractivity contribution is 5.92. The first-order valence-corrected chi connectivity index (χ1v) is 7.54. The van der Waals surface area contributed by atoms with E-state index in [2.05, 4.69) is 30.5 Å². The van der Waals surface area contributed by atoms with Gasteiger partial charge in [0.25, 0.3) is 5.91 Å². The Morgan fingerprint density at radius 3 is 2.83 bits per heavy atom. The zero-order valence-electron chi connectivity index (χ0n) is 13.5. The van der Waals surface area contributed by atoms with Crippen LogP contribution in [0.4, 0.5) is 5.82 Å². The second-order valence-electron chi connectivity index (χ2n) is 5.38. The number of nitrogens with zero attached hydrogens (tertiary/aromatic N) is 4. The van der Waals surface area contributed by atoms with Crippen LogP contribution in [0.2, 0.25) is 0 Å². The Kier molecular flexibility index (Phi) is 6.43. The maximum atomic E-state index is 12.1. The van der Waals surface area contributed by atoms with Gasteiger partial charge >= 0.3 is 0 Å². The first kappa shape index (κ1) is 16.8. The molecule has 2 heterocycles. The molecule has 2 aromatic rings. The van der Waals surface area contributed by atoms with Gasteiger partial charge in [-0.2, -0.15) is 0 Å². The summed E-state index contributed by atoms with van der Waals surface area (Å²) in [5.74, 6) is 0.413. The third-order valence-electron chi connectivity index (χ3n) is 3.14. The van der Waals surface area contributed by atoms with Gasteiger partial charge in [0.15, 0.2) is 0 Å². The summed E-state index contributed by atoms with van der Waals surface area (Å²) in [6.45, 7) is 2.16. The Morgan fingerprint density at radius 1 is 1.22 bits per heavy atom. The Labute approximate surface area is 136 Å². The van der Waals surface area contributed by atoms with Crippen LogP contribution in [-0.2, 0) is 6.54 Å². The smallest absolute Gasteiger partial charge is 0.270 e. The molecule has 0 bridgehead atoms. The van der Waals surface area contributed by atoms with Crippen molar-refractivity contribution in [1.82, 2.24) is 25.2 Å². The van der Waals surface area contributed by atoms with Gasteiger partial charge in [0.05, 0.1) is 12.2 Å². The zero-order chi connectivity index (χ0) is 16.5. The SMILES string of the molecule is CN(C)CCCNc1cc(C(=O)NCc2ccccn2)ncn1. The molecule has 1 amide bonds. The normalized spacial score (nSPS) is 10.6. The lowest BCUT2D eigenvalue weighted by Crippen LogP contribution is -2.24. The Balaban J connectivity index is 1.84. The highest BCUT2D eigenvalue weighted by Gasteiger charge is 2.08. The lowest BCUT2D eigenvalue weighted by molar-refractivity contribution is 0.0945. The number of carbonyl (C=O) groups excluding carboxylic acids is 1. The maximum absolute atomic E-state index is 12.1. The van der Waals surface area contributed by atoms with Crippen molar-refractivity contribution in [2.24, 2.45) is 0 Å². The van der Waals surface area contributed by atoms with Crippen LogP contribution in [0.3, 0.4) is 0 Å². The van der Waals surface area contributed by atoms with Crippen LogP contribution in [0.15, 0.2) is 36.8 Å². The topological polar surface area (TPSA) is 83.0 Å². The van der Waals surface area contributed by atoms with Crippen LogP contribution in [0.1, 0.15) is 22.6 Å². The van der Waals surface area contributed by atoms with Gasteiger partial charge in [0.2, 0.25) is 0 Å². The maximum Gasteiger partial charge on any atom is 0.270 e. The van der Waals surface area contributed by atoms with Crippen molar-refractivity contribution in [3.8, 4) is 0 Å². The van der Waals surface area contributed by atoms with Crippen molar-refractivity contribution in [2.75, 3.05) is 32.5 Å². The Morgan fingerprint density at radius 2 is 2.09 bits per heavy atom. The largest absolute Gasteiger partial charge is 0.370 e. The standard InChI is InChI=1S/C16H22N6O/c1-22(2)9-5-8-18-15-10-14(20-12-21-15)16(23)19-11-13-6-3-4-7-17-13/h3-4,6-7,10,12H,5,8-9,11H2,1-2H3,(H,19,23)(H,18,20,21). The molecule has 0 aliphatic rings. The average Bonchev–Trinajstić information content (AvgIpc) is 2.57. The summed E-state index contributed by atoms with van der Waals surface area (Å²) in [5.41, 5.74) is 1.14. The van der Waals surface area contributed by atoms with E-state index in [1.54, 1.807) is 12.3 Å². The number of pyridine rings is 1. The van der Waals surface area contributed by atoms with Crippen molar-refractivity contribution >= 4 is 11.7 Å². The fourth-order valence-electron chi connectivity index (χ4n) is 1.95. The molecule has 0 fully saturated rings. The minimum atomic E-state index is -0.241. The van der Waals surface area contributed by atoms with Crippen molar-refractivity contribution in [3.63, 3.8) is 0 Å². The van der Waals surface area contributed by atoms with Crippen molar-refractivity contribution < 1.29 is 4.79 Å². The van der Waals surface area contributed by atoms with Crippen molar-refractivity contribution in [3.05, 3.63) is 48.2 Å². The molecule has 2 rings (SSSR count). The summed E-state index contributed by atoms with van der Waals surface area (Å²) in [7, 11) is 4.07. The lowest BCUT2D eigenvalue weighted by Gasteiger charge is -2.10. The van der Waals surface area contributed by atoms with E-state index < -0.39 is 0 Å². The van der Waals surface area contributed by atoms with E-state index in [-0.39, 0.29) is 5.91 Å². The third-order valence-corrected chi connectivity index (χ3v) is 3.14. The van der Waals surface area contributed by atoms with Crippen LogP contribution in [-0.4, -0.2) is 52.9 Å². The summed E-state index contributed by atoms with van der Waals surface area (Å²) in [5, 5.41) is 6.00. The van der Waals surface area contributed by atoms with E-state index in [0.717, 1.165) is 25.2 Å². The molecule has 0 unspecified atom stereocenters. The van der Waals surface area contributed by atoms with Crippen LogP contribution in [0.25, 0.3) is 0 Å². The second kappa shape index (κ2) is 8.79. The number of hydrogen-bond donors (Lipinski definition) is 2. The van der Waals surface area contributed by atoms with Gasteiger partial charge in [-0.05, 0) is 39.2 Å². The quantitative estimate of drug-likeness (QED) is 0.712. The van der Waals surface area contributed by atoms with Gasteiger partial charge in [-0.3, -0.25) is 9.78 Å². The minimum Gasteiger partial charge on any atom is -0.370 e. The van der Waals surface area contributed by atoms with Crippen LogP contribution < -0.4 is 10.6 Å². The van der Waals surface area contributed by atoms with Gasteiger partial charge < -0.3 is 15.5 Å². The summed E-state index contributed by atoms with van der Waals surface area (Å²) in [4.78, 5) is 26.6. The van der Waals surface area contributed by atoms with E-state index in [9.17, 15) is 4.79 Å². The molecule has 0 aliphatic carbocycles. The average molecular weight is 314 g/mol. The van der Waals surface area contributed by atoms with Crippen LogP contribution in [0.5, 0.6) is 0 Å². The second-order valence-corrected chi connectivity index (χ2v) is 5.38. The molecule has 122 valence electrons.